The van der Waals surface area contributed by atoms with E-state index >= 15 is 0 Å². The molecule has 3 heterocycles. The third-order valence-electron chi connectivity index (χ3n) is 4.41. The lowest BCUT2D eigenvalue weighted by molar-refractivity contribution is 0.411. The molecule has 3 N–H and O–H groups in total. The average Bonchev–Trinajstić information content (AvgIpc) is 3.29. The summed E-state index contributed by atoms with van der Waals surface area (Å²) in [6.45, 7) is 0.652. The zero-order chi connectivity index (χ0) is 19.7. The molecule has 144 valence electrons. The standard InChI is InChI=1S/C19H19FN6OS/c1-26-17(21)15-16(13-6-5-11(27-2)10-14(13)20)23-19(24-18(15)25-26)22-8-7-12-4-3-9-28-12/h3-6,9-10H,7-8,21H2,1-2H3,(H,22,24,25). The van der Waals surface area contributed by atoms with E-state index < -0.39 is 5.82 Å². The molecule has 1 aromatic carbocycles. The third kappa shape index (κ3) is 3.36. The second kappa shape index (κ2) is 7.43. The van der Waals surface area contributed by atoms with Crippen molar-refractivity contribution in [2.45, 2.75) is 6.42 Å². The highest BCUT2D eigenvalue weighted by molar-refractivity contribution is 7.09. The number of benzene rings is 1. The number of hydrogen-bond donors (Lipinski definition) is 2. The number of anilines is 2. The molecular weight excluding hydrogens is 379 g/mol. The van der Waals surface area contributed by atoms with Crippen molar-refractivity contribution in [2.75, 3.05) is 24.7 Å². The largest absolute Gasteiger partial charge is 0.497 e. The van der Waals surface area contributed by atoms with Crippen LogP contribution < -0.4 is 15.8 Å². The first-order chi connectivity index (χ1) is 13.6. The van der Waals surface area contributed by atoms with E-state index in [1.807, 2.05) is 11.4 Å². The number of ether oxygens (including phenoxy) is 1. The van der Waals surface area contributed by atoms with Gasteiger partial charge in [0.05, 0.1) is 18.2 Å². The topological polar surface area (TPSA) is 90.9 Å². The van der Waals surface area contributed by atoms with E-state index in [2.05, 4.69) is 26.4 Å². The summed E-state index contributed by atoms with van der Waals surface area (Å²) < 4.78 is 21.3. The first-order valence-electron chi connectivity index (χ1n) is 8.67. The minimum atomic E-state index is -0.452. The Balaban J connectivity index is 1.75. The summed E-state index contributed by atoms with van der Waals surface area (Å²) in [5.41, 5.74) is 7.28. The molecule has 0 amide bonds. The van der Waals surface area contributed by atoms with E-state index in [-0.39, 0.29) is 0 Å². The summed E-state index contributed by atoms with van der Waals surface area (Å²) >= 11 is 1.70. The zero-order valence-corrected chi connectivity index (χ0v) is 16.3. The molecule has 0 saturated carbocycles. The molecule has 0 atom stereocenters. The van der Waals surface area contributed by atoms with Crippen molar-refractivity contribution in [1.82, 2.24) is 19.7 Å². The lowest BCUT2D eigenvalue weighted by Crippen LogP contribution is -2.08. The van der Waals surface area contributed by atoms with Gasteiger partial charge in [0.1, 0.15) is 17.4 Å². The number of nitrogens with one attached hydrogen (secondary N) is 1. The van der Waals surface area contributed by atoms with Crippen LogP contribution in [-0.2, 0) is 13.5 Å². The molecule has 7 nitrogen and oxygen atoms in total. The summed E-state index contributed by atoms with van der Waals surface area (Å²) in [5, 5.41) is 10.1. The average molecular weight is 398 g/mol. The van der Waals surface area contributed by atoms with Crippen LogP contribution in [0.2, 0.25) is 0 Å². The minimum absolute atomic E-state index is 0.314. The Hall–Kier alpha value is -3.20. The SMILES string of the molecule is COc1ccc(-c2nc(NCCc3cccs3)nc3nn(C)c(N)c23)c(F)c1. The van der Waals surface area contributed by atoms with Gasteiger partial charge in [-0.25, -0.2) is 9.37 Å². The maximum atomic E-state index is 14.7. The van der Waals surface area contributed by atoms with E-state index in [4.69, 9.17) is 10.5 Å². The molecule has 0 fully saturated rings. The van der Waals surface area contributed by atoms with Gasteiger partial charge in [-0.3, -0.25) is 4.68 Å². The number of nitrogens with two attached hydrogens (primary N) is 1. The van der Waals surface area contributed by atoms with Gasteiger partial charge in [0, 0.05) is 30.1 Å². The molecule has 0 saturated heterocycles. The van der Waals surface area contributed by atoms with Crippen LogP contribution in [-0.4, -0.2) is 33.4 Å². The van der Waals surface area contributed by atoms with Crippen LogP contribution in [0.4, 0.5) is 16.2 Å². The lowest BCUT2D eigenvalue weighted by atomic mass is 10.1. The van der Waals surface area contributed by atoms with E-state index in [0.29, 0.717) is 46.4 Å². The van der Waals surface area contributed by atoms with E-state index in [9.17, 15) is 4.39 Å². The quantitative estimate of drug-likeness (QED) is 0.517. The fourth-order valence-corrected chi connectivity index (χ4v) is 3.67. The molecule has 28 heavy (non-hydrogen) atoms. The first kappa shape index (κ1) is 18.2. The second-order valence-corrected chi connectivity index (χ2v) is 7.24. The summed E-state index contributed by atoms with van der Waals surface area (Å²) in [4.78, 5) is 10.3. The Labute approximate surface area is 165 Å². The molecule has 0 aliphatic heterocycles. The highest BCUT2D eigenvalue weighted by Gasteiger charge is 2.19. The molecule has 4 aromatic rings. The van der Waals surface area contributed by atoms with Gasteiger partial charge >= 0.3 is 0 Å². The number of rotatable bonds is 6. The highest BCUT2D eigenvalue weighted by atomic mass is 32.1. The van der Waals surface area contributed by atoms with Crippen LogP contribution in [0.3, 0.4) is 0 Å². The van der Waals surface area contributed by atoms with E-state index in [0.717, 1.165) is 6.42 Å². The van der Waals surface area contributed by atoms with Crippen molar-refractivity contribution in [1.29, 1.82) is 0 Å². The van der Waals surface area contributed by atoms with Gasteiger partial charge in [0.2, 0.25) is 5.95 Å². The van der Waals surface area contributed by atoms with Crippen molar-refractivity contribution in [2.24, 2.45) is 7.05 Å². The van der Waals surface area contributed by atoms with Gasteiger partial charge in [-0.1, -0.05) is 6.07 Å². The number of fused-ring (bicyclic) bond motifs is 1. The Morgan fingerprint density at radius 1 is 1.29 bits per heavy atom. The number of methoxy groups -OCH3 is 1. The van der Waals surface area contributed by atoms with Crippen molar-refractivity contribution in [3.63, 3.8) is 0 Å². The van der Waals surface area contributed by atoms with Crippen molar-refractivity contribution < 1.29 is 9.13 Å². The maximum Gasteiger partial charge on any atom is 0.225 e. The molecule has 0 bridgehead atoms. The van der Waals surface area contributed by atoms with Crippen LogP contribution in [0, 0.1) is 5.82 Å². The number of aryl methyl sites for hydroxylation is 1. The van der Waals surface area contributed by atoms with Crippen molar-refractivity contribution in [3.05, 3.63) is 46.4 Å². The molecule has 0 radical (unpaired) electrons. The normalized spacial score (nSPS) is 11.1. The number of hydrogen-bond acceptors (Lipinski definition) is 7. The second-order valence-electron chi connectivity index (χ2n) is 6.21. The van der Waals surface area contributed by atoms with Crippen molar-refractivity contribution >= 4 is 34.1 Å². The third-order valence-corrected chi connectivity index (χ3v) is 5.34. The number of aromatic nitrogens is 4. The fraction of sp³-hybridized carbons (Fsp3) is 0.211. The van der Waals surface area contributed by atoms with Gasteiger partial charge in [0.25, 0.3) is 0 Å². The van der Waals surface area contributed by atoms with Gasteiger partial charge in [-0.2, -0.15) is 10.1 Å². The van der Waals surface area contributed by atoms with Gasteiger partial charge in [0.15, 0.2) is 5.65 Å². The van der Waals surface area contributed by atoms with Crippen LogP contribution in [0.25, 0.3) is 22.3 Å². The summed E-state index contributed by atoms with van der Waals surface area (Å²) in [6, 6.07) is 8.72. The highest BCUT2D eigenvalue weighted by Crippen LogP contribution is 2.33. The molecule has 9 heteroatoms. The van der Waals surface area contributed by atoms with Gasteiger partial charge in [-0.05, 0) is 30.0 Å². The Morgan fingerprint density at radius 2 is 2.14 bits per heavy atom. The molecule has 0 spiro atoms. The predicted octanol–water partition coefficient (Wildman–Crippen LogP) is 3.48. The van der Waals surface area contributed by atoms with Crippen molar-refractivity contribution in [3.8, 4) is 17.0 Å². The number of nitrogens with zero attached hydrogens (tertiary/aromatic N) is 4. The van der Waals surface area contributed by atoms with Crippen LogP contribution >= 0.6 is 11.3 Å². The summed E-state index contributed by atoms with van der Waals surface area (Å²) in [7, 11) is 3.21. The number of thiophene rings is 1. The monoisotopic (exact) mass is 398 g/mol. The van der Waals surface area contributed by atoms with Gasteiger partial charge < -0.3 is 15.8 Å². The Bertz CT molecular complexity index is 1130. The predicted molar refractivity (Wildman–Crippen MR) is 109 cm³/mol. The fourth-order valence-electron chi connectivity index (χ4n) is 2.96. The van der Waals surface area contributed by atoms with E-state index in [1.165, 1.54) is 22.7 Å². The van der Waals surface area contributed by atoms with E-state index in [1.54, 1.807) is 30.5 Å². The molecule has 3 aromatic heterocycles. The maximum absolute atomic E-state index is 14.7. The Kier molecular flexibility index (Phi) is 4.82. The molecular formula is C19H19FN6OS. The van der Waals surface area contributed by atoms with Crippen LogP contribution in [0.5, 0.6) is 5.75 Å². The summed E-state index contributed by atoms with van der Waals surface area (Å²) in [6.07, 6.45) is 0.843. The first-order valence-corrected chi connectivity index (χ1v) is 9.55. The molecule has 0 unspecified atom stereocenters. The number of nitrogen functional groups attached to an aromatic ring is 1. The zero-order valence-electron chi connectivity index (χ0n) is 15.4. The minimum Gasteiger partial charge on any atom is -0.497 e. The summed E-state index contributed by atoms with van der Waals surface area (Å²) in [5.74, 6) is 0.741. The molecule has 4 rings (SSSR count). The smallest absolute Gasteiger partial charge is 0.225 e. The molecule has 0 aliphatic rings. The van der Waals surface area contributed by atoms with Crippen LogP contribution in [0.15, 0.2) is 35.7 Å². The lowest BCUT2D eigenvalue weighted by Gasteiger charge is -2.10. The Morgan fingerprint density at radius 3 is 2.86 bits per heavy atom. The van der Waals surface area contributed by atoms with Gasteiger partial charge in [-0.15, -0.1) is 11.3 Å². The van der Waals surface area contributed by atoms with Crippen LogP contribution in [0.1, 0.15) is 4.88 Å². The number of halogens is 1. The molecule has 0 aliphatic carbocycles.